The number of carboxylic acid groups (broad SMARTS) is 1. The maximum Gasteiger partial charge on any atom is 0.306 e. The smallest absolute Gasteiger partial charge is 0.306 e. The molecule has 2 fully saturated rings. The number of carbonyl (C=O) groups is 1. The normalized spacial score (nSPS) is 31.8. The van der Waals surface area contributed by atoms with Gasteiger partial charge in [0, 0.05) is 6.04 Å². The quantitative estimate of drug-likeness (QED) is 0.774. The van der Waals surface area contributed by atoms with Crippen molar-refractivity contribution in [3.63, 3.8) is 0 Å². The molecule has 98 valence electrons. The van der Waals surface area contributed by atoms with E-state index in [4.69, 9.17) is 5.11 Å². The Morgan fingerprint density at radius 3 is 2.65 bits per heavy atom. The van der Waals surface area contributed by atoms with Crippen LogP contribution in [0.5, 0.6) is 0 Å². The van der Waals surface area contributed by atoms with Gasteiger partial charge in [-0.05, 0) is 58.3 Å². The first-order valence-corrected chi connectivity index (χ1v) is 6.81. The van der Waals surface area contributed by atoms with E-state index in [1.807, 2.05) is 0 Å². The van der Waals surface area contributed by atoms with Crippen LogP contribution in [0.25, 0.3) is 0 Å². The minimum absolute atomic E-state index is 0.103. The first-order chi connectivity index (χ1) is 8.16. The standard InChI is InChI=1S/C13H24N2O2/c1-15-7-5-11(6-8-15)14-9-10-3-2-4-12(10)13(16)17/h10-12,14H,2-9H2,1H3,(H,16,17). The van der Waals surface area contributed by atoms with Gasteiger partial charge in [-0.25, -0.2) is 0 Å². The molecule has 1 aliphatic heterocycles. The number of rotatable bonds is 4. The number of aliphatic carboxylic acids is 1. The van der Waals surface area contributed by atoms with Gasteiger partial charge in [0.15, 0.2) is 0 Å². The van der Waals surface area contributed by atoms with Gasteiger partial charge in [0.2, 0.25) is 0 Å². The monoisotopic (exact) mass is 240 g/mol. The third-order valence-corrected chi connectivity index (χ3v) is 4.36. The van der Waals surface area contributed by atoms with Crippen LogP contribution in [0.2, 0.25) is 0 Å². The van der Waals surface area contributed by atoms with Crippen molar-refractivity contribution in [2.24, 2.45) is 11.8 Å². The van der Waals surface area contributed by atoms with Crippen molar-refractivity contribution in [3.05, 3.63) is 0 Å². The molecule has 4 heteroatoms. The average molecular weight is 240 g/mol. The second kappa shape index (κ2) is 5.83. The third-order valence-electron chi connectivity index (χ3n) is 4.36. The van der Waals surface area contributed by atoms with Gasteiger partial charge in [0.1, 0.15) is 0 Å². The van der Waals surface area contributed by atoms with E-state index in [0.29, 0.717) is 12.0 Å². The van der Waals surface area contributed by atoms with E-state index in [1.54, 1.807) is 0 Å². The zero-order valence-corrected chi connectivity index (χ0v) is 10.7. The van der Waals surface area contributed by atoms with E-state index in [9.17, 15) is 4.79 Å². The van der Waals surface area contributed by atoms with E-state index in [-0.39, 0.29) is 5.92 Å². The van der Waals surface area contributed by atoms with Gasteiger partial charge in [-0.2, -0.15) is 0 Å². The molecule has 1 saturated carbocycles. The van der Waals surface area contributed by atoms with Crippen LogP contribution in [0.3, 0.4) is 0 Å². The van der Waals surface area contributed by atoms with Gasteiger partial charge >= 0.3 is 5.97 Å². The molecule has 1 saturated heterocycles. The molecule has 0 radical (unpaired) electrons. The van der Waals surface area contributed by atoms with Crippen molar-refractivity contribution < 1.29 is 9.90 Å². The lowest BCUT2D eigenvalue weighted by Gasteiger charge is -2.30. The van der Waals surface area contributed by atoms with Crippen LogP contribution in [0, 0.1) is 11.8 Å². The van der Waals surface area contributed by atoms with Crippen molar-refractivity contribution in [2.75, 3.05) is 26.7 Å². The highest BCUT2D eigenvalue weighted by molar-refractivity contribution is 5.70. The van der Waals surface area contributed by atoms with E-state index in [0.717, 1.165) is 38.9 Å². The molecule has 1 aliphatic carbocycles. The number of hydrogen-bond donors (Lipinski definition) is 2. The van der Waals surface area contributed by atoms with Crippen molar-refractivity contribution in [1.82, 2.24) is 10.2 Å². The molecule has 4 nitrogen and oxygen atoms in total. The van der Waals surface area contributed by atoms with Gasteiger partial charge in [-0.3, -0.25) is 4.79 Å². The van der Waals surface area contributed by atoms with Crippen LogP contribution >= 0.6 is 0 Å². The molecule has 2 N–H and O–H groups in total. The lowest BCUT2D eigenvalue weighted by atomic mass is 9.95. The Bertz CT molecular complexity index is 262. The minimum Gasteiger partial charge on any atom is -0.481 e. The van der Waals surface area contributed by atoms with Crippen LogP contribution in [0.4, 0.5) is 0 Å². The highest BCUT2D eigenvalue weighted by Gasteiger charge is 2.33. The molecular formula is C13H24N2O2. The molecule has 0 aromatic heterocycles. The molecular weight excluding hydrogens is 216 g/mol. The molecule has 0 spiro atoms. The molecule has 0 amide bonds. The summed E-state index contributed by atoms with van der Waals surface area (Å²) in [7, 11) is 2.16. The molecule has 1 heterocycles. The largest absolute Gasteiger partial charge is 0.481 e. The summed E-state index contributed by atoms with van der Waals surface area (Å²) >= 11 is 0. The summed E-state index contributed by atoms with van der Waals surface area (Å²) in [4.78, 5) is 13.4. The lowest BCUT2D eigenvalue weighted by molar-refractivity contribution is -0.142. The fourth-order valence-electron chi connectivity index (χ4n) is 3.14. The first-order valence-electron chi connectivity index (χ1n) is 6.81. The summed E-state index contributed by atoms with van der Waals surface area (Å²) in [6.07, 6.45) is 5.42. The fraction of sp³-hybridized carbons (Fsp3) is 0.923. The van der Waals surface area contributed by atoms with Crippen molar-refractivity contribution in [1.29, 1.82) is 0 Å². The molecule has 0 aromatic rings. The third kappa shape index (κ3) is 3.42. The second-order valence-electron chi connectivity index (χ2n) is 5.62. The minimum atomic E-state index is -0.599. The Balaban J connectivity index is 1.72. The lowest BCUT2D eigenvalue weighted by Crippen LogP contribution is -2.43. The van der Waals surface area contributed by atoms with Gasteiger partial charge in [-0.1, -0.05) is 6.42 Å². The average Bonchev–Trinajstić information content (AvgIpc) is 2.76. The van der Waals surface area contributed by atoms with Gasteiger partial charge in [0.25, 0.3) is 0 Å². The molecule has 2 atom stereocenters. The number of likely N-dealkylation sites (tertiary alicyclic amines) is 1. The molecule has 2 rings (SSSR count). The van der Waals surface area contributed by atoms with Crippen LogP contribution < -0.4 is 5.32 Å². The predicted molar refractivity (Wildman–Crippen MR) is 67.0 cm³/mol. The Morgan fingerprint density at radius 1 is 1.29 bits per heavy atom. The number of piperidine rings is 1. The highest BCUT2D eigenvalue weighted by Crippen LogP contribution is 2.31. The van der Waals surface area contributed by atoms with Crippen LogP contribution in [-0.4, -0.2) is 48.7 Å². The van der Waals surface area contributed by atoms with E-state index < -0.39 is 5.97 Å². The topological polar surface area (TPSA) is 52.6 Å². The first kappa shape index (κ1) is 12.8. The SMILES string of the molecule is CN1CCC(NCC2CCCC2C(=O)O)CC1. The molecule has 0 bridgehead atoms. The Morgan fingerprint density at radius 2 is 2.00 bits per heavy atom. The number of hydrogen-bond acceptors (Lipinski definition) is 3. The van der Waals surface area contributed by atoms with Gasteiger partial charge < -0.3 is 15.3 Å². The second-order valence-corrected chi connectivity index (χ2v) is 5.62. The molecule has 17 heavy (non-hydrogen) atoms. The van der Waals surface area contributed by atoms with Gasteiger partial charge in [0.05, 0.1) is 5.92 Å². The van der Waals surface area contributed by atoms with Crippen molar-refractivity contribution in [2.45, 2.75) is 38.1 Å². The Labute approximate surface area is 103 Å². The summed E-state index contributed by atoms with van der Waals surface area (Å²) in [5.41, 5.74) is 0. The highest BCUT2D eigenvalue weighted by atomic mass is 16.4. The summed E-state index contributed by atoms with van der Waals surface area (Å²) in [5.74, 6) is -0.349. The maximum absolute atomic E-state index is 11.1. The van der Waals surface area contributed by atoms with E-state index in [1.165, 1.54) is 12.8 Å². The Kier molecular flexibility index (Phi) is 4.40. The predicted octanol–water partition coefficient (Wildman–Crippen LogP) is 1.17. The zero-order valence-electron chi connectivity index (χ0n) is 10.7. The number of carboxylic acids is 1. The van der Waals surface area contributed by atoms with Crippen molar-refractivity contribution in [3.8, 4) is 0 Å². The van der Waals surface area contributed by atoms with Gasteiger partial charge in [-0.15, -0.1) is 0 Å². The summed E-state index contributed by atoms with van der Waals surface area (Å²) in [5, 5.41) is 12.7. The molecule has 0 aromatic carbocycles. The van der Waals surface area contributed by atoms with Crippen molar-refractivity contribution >= 4 is 5.97 Å². The summed E-state index contributed by atoms with van der Waals surface area (Å²) in [6, 6.07) is 0.598. The summed E-state index contributed by atoms with van der Waals surface area (Å²) < 4.78 is 0. The zero-order chi connectivity index (χ0) is 12.3. The van der Waals surface area contributed by atoms with Crippen LogP contribution in [0.15, 0.2) is 0 Å². The number of nitrogens with one attached hydrogen (secondary N) is 1. The van der Waals surface area contributed by atoms with E-state index >= 15 is 0 Å². The summed E-state index contributed by atoms with van der Waals surface area (Å²) in [6.45, 7) is 3.21. The molecule has 2 aliphatic rings. The fourth-order valence-corrected chi connectivity index (χ4v) is 3.14. The Hall–Kier alpha value is -0.610. The maximum atomic E-state index is 11.1. The molecule has 2 unspecified atom stereocenters. The van der Waals surface area contributed by atoms with Crippen LogP contribution in [-0.2, 0) is 4.79 Å². The number of nitrogens with zero attached hydrogens (tertiary/aromatic N) is 1. The van der Waals surface area contributed by atoms with Crippen LogP contribution in [0.1, 0.15) is 32.1 Å². The van der Waals surface area contributed by atoms with E-state index in [2.05, 4.69) is 17.3 Å².